The molecule has 0 unspecified atom stereocenters. The first-order valence-corrected chi connectivity index (χ1v) is 8.07. The minimum absolute atomic E-state index is 0.128. The first-order valence-electron chi connectivity index (χ1n) is 7.31. The fourth-order valence-electron chi connectivity index (χ4n) is 2.35. The van der Waals surface area contributed by atoms with Gasteiger partial charge in [0.1, 0.15) is 11.4 Å². The van der Waals surface area contributed by atoms with Crippen molar-refractivity contribution in [1.82, 2.24) is 14.7 Å². The van der Waals surface area contributed by atoms with Gasteiger partial charge in [-0.25, -0.2) is 4.98 Å². The largest absolute Gasteiger partial charge is 0.482 e. The van der Waals surface area contributed by atoms with Crippen LogP contribution in [0, 0.1) is 6.92 Å². The van der Waals surface area contributed by atoms with E-state index in [4.69, 9.17) is 27.9 Å². The number of halogens is 2. The highest BCUT2D eigenvalue weighted by Gasteiger charge is 2.11. The Morgan fingerprint density at radius 1 is 1.29 bits per heavy atom. The van der Waals surface area contributed by atoms with Crippen LogP contribution in [-0.4, -0.2) is 21.9 Å². The van der Waals surface area contributed by atoms with Crippen molar-refractivity contribution in [3.8, 4) is 5.75 Å². The first-order chi connectivity index (χ1) is 11.5. The van der Waals surface area contributed by atoms with Crippen LogP contribution >= 0.6 is 23.2 Å². The van der Waals surface area contributed by atoms with E-state index in [0.29, 0.717) is 22.3 Å². The SMILES string of the molecule is Cc1nc2ccccn2c1CNC(=O)COc1ccc(Cl)cc1Cl. The van der Waals surface area contributed by atoms with Crippen LogP contribution in [0.2, 0.25) is 10.0 Å². The van der Waals surface area contributed by atoms with Crippen molar-refractivity contribution in [3.05, 3.63) is 64.0 Å². The van der Waals surface area contributed by atoms with E-state index in [-0.39, 0.29) is 12.5 Å². The molecule has 0 spiro atoms. The van der Waals surface area contributed by atoms with Crippen LogP contribution in [0.3, 0.4) is 0 Å². The van der Waals surface area contributed by atoms with Crippen LogP contribution in [0.4, 0.5) is 0 Å². The number of pyridine rings is 1. The van der Waals surface area contributed by atoms with Gasteiger partial charge in [-0.05, 0) is 37.3 Å². The Hall–Kier alpha value is -2.24. The summed E-state index contributed by atoms with van der Waals surface area (Å²) >= 11 is 11.8. The summed E-state index contributed by atoms with van der Waals surface area (Å²) in [6, 6.07) is 10.6. The summed E-state index contributed by atoms with van der Waals surface area (Å²) in [6.45, 7) is 2.16. The summed E-state index contributed by atoms with van der Waals surface area (Å²) < 4.78 is 7.37. The number of imidazole rings is 1. The molecule has 5 nitrogen and oxygen atoms in total. The Balaban J connectivity index is 1.60. The molecule has 0 aliphatic carbocycles. The second kappa shape index (κ2) is 7.11. The summed E-state index contributed by atoms with van der Waals surface area (Å²) in [6.07, 6.45) is 1.92. The smallest absolute Gasteiger partial charge is 0.258 e. The van der Waals surface area contributed by atoms with Gasteiger partial charge in [-0.1, -0.05) is 29.3 Å². The normalized spacial score (nSPS) is 10.8. The maximum Gasteiger partial charge on any atom is 0.258 e. The number of rotatable bonds is 5. The number of hydrogen-bond acceptors (Lipinski definition) is 3. The molecule has 0 saturated carbocycles. The fourth-order valence-corrected chi connectivity index (χ4v) is 2.81. The maximum absolute atomic E-state index is 12.0. The fraction of sp³-hybridized carbons (Fsp3) is 0.176. The van der Waals surface area contributed by atoms with E-state index in [9.17, 15) is 4.79 Å². The minimum Gasteiger partial charge on any atom is -0.482 e. The number of benzene rings is 1. The second-order valence-electron chi connectivity index (χ2n) is 5.21. The molecule has 0 aliphatic heterocycles. The van der Waals surface area contributed by atoms with Gasteiger partial charge in [-0.3, -0.25) is 4.79 Å². The Labute approximate surface area is 149 Å². The topological polar surface area (TPSA) is 55.6 Å². The van der Waals surface area contributed by atoms with Crippen molar-refractivity contribution in [2.75, 3.05) is 6.61 Å². The highest BCUT2D eigenvalue weighted by atomic mass is 35.5. The summed E-state index contributed by atoms with van der Waals surface area (Å²) in [5.41, 5.74) is 2.66. The molecule has 0 saturated heterocycles. The number of amides is 1. The number of fused-ring (bicyclic) bond motifs is 1. The number of nitrogens with zero attached hydrogens (tertiary/aromatic N) is 2. The van der Waals surface area contributed by atoms with E-state index in [0.717, 1.165) is 17.0 Å². The van der Waals surface area contributed by atoms with Crippen LogP contribution in [0.5, 0.6) is 5.75 Å². The van der Waals surface area contributed by atoms with E-state index >= 15 is 0 Å². The number of hydrogen-bond donors (Lipinski definition) is 1. The van der Waals surface area contributed by atoms with Crippen molar-refractivity contribution in [3.63, 3.8) is 0 Å². The molecule has 1 N–H and O–H groups in total. The van der Waals surface area contributed by atoms with Crippen molar-refractivity contribution in [1.29, 1.82) is 0 Å². The number of nitrogens with one attached hydrogen (secondary N) is 1. The molecular formula is C17H15Cl2N3O2. The summed E-state index contributed by atoms with van der Waals surface area (Å²) in [4.78, 5) is 16.5. The predicted octanol–water partition coefficient (Wildman–Crippen LogP) is 3.64. The van der Waals surface area contributed by atoms with Crippen LogP contribution in [0.1, 0.15) is 11.4 Å². The predicted molar refractivity (Wildman–Crippen MR) is 93.7 cm³/mol. The van der Waals surface area contributed by atoms with Crippen LogP contribution in [-0.2, 0) is 11.3 Å². The zero-order chi connectivity index (χ0) is 17.1. The minimum atomic E-state index is -0.244. The number of carbonyl (C=O) groups is 1. The average Bonchev–Trinajstić information content (AvgIpc) is 2.87. The molecule has 0 radical (unpaired) electrons. The quantitative estimate of drug-likeness (QED) is 0.752. The van der Waals surface area contributed by atoms with E-state index in [2.05, 4.69) is 10.3 Å². The van der Waals surface area contributed by atoms with Gasteiger partial charge < -0.3 is 14.5 Å². The lowest BCUT2D eigenvalue weighted by molar-refractivity contribution is -0.123. The number of ether oxygens (including phenoxy) is 1. The van der Waals surface area contributed by atoms with Gasteiger partial charge in [0.05, 0.1) is 23.0 Å². The molecule has 24 heavy (non-hydrogen) atoms. The standard InChI is InChI=1S/C17H15Cl2N3O2/c1-11-14(22-7-3-2-4-16(22)21-11)9-20-17(23)10-24-15-6-5-12(18)8-13(15)19/h2-8H,9-10H2,1H3,(H,20,23). The highest BCUT2D eigenvalue weighted by Crippen LogP contribution is 2.27. The van der Waals surface area contributed by atoms with Gasteiger partial charge in [0.2, 0.25) is 0 Å². The number of aryl methyl sites for hydroxylation is 1. The van der Waals surface area contributed by atoms with Crippen molar-refractivity contribution in [2.45, 2.75) is 13.5 Å². The molecule has 0 fully saturated rings. The zero-order valence-corrected chi connectivity index (χ0v) is 14.4. The molecule has 3 rings (SSSR count). The Kier molecular flexibility index (Phi) is 4.92. The lowest BCUT2D eigenvalue weighted by Gasteiger charge is -2.09. The summed E-state index contributed by atoms with van der Waals surface area (Å²) in [5.74, 6) is 0.175. The molecule has 2 heterocycles. The molecule has 0 bridgehead atoms. The van der Waals surface area contributed by atoms with Crippen LogP contribution in [0.25, 0.3) is 5.65 Å². The van der Waals surface area contributed by atoms with Crippen molar-refractivity contribution < 1.29 is 9.53 Å². The molecule has 0 aliphatic rings. The van der Waals surface area contributed by atoms with E-state index in [1.54, 1.807) is 18.2 Å². The monoisotopic (exact) mass is 363 g/mol. The molecule has 124 valence electrons. The van der Waals surface area contributed by atoms with Crippen molar-refractivity contribution in [2.24, 2.45) is 0 Å². The third-order valence-electron chi connectivity index (χ3n) is 3.53. The molecule has 1 amide bonds. The zero-order valence-electron chi connectivity index (χ0n) is 12.9. The van der Waals surface area contributed by atoms with Crippen molar-refractivity contribution >= 4 is 34.8 Å². The Morgan fingerprint density at radius 3 is 2.92 bits per heavy atom. The van der Waals surface area contributed by atoms with Gasteiger partial charge in [-0.15, -0.1) is 0 Å². The third-order valence-corrected chi connectivity index (χ3v) is 4.07. The molecule has 1 aromatic carbocycles. The van der Waals surface area contributed by atoms with Crippen LogP contribution in [0.15, 0.2) is 42.6 Å². The van der Waals surface area contributed by atoms with E-state index in [1.165, 1.54) is 0 Å². The molecule has 3 aromatic rings. The van der Waals surface area contributed by atoms with Gasteiger partial charge in [0.25, 0.3) is 5.91 Å². The van der Waals surface area contributed by atoms with Gasteiger partial charge in [-0.2, -0.15) is 0 Å². The van der Waals surface area contributed by atoms with Gasteiger partial charge in [0.15, 0.2) is 6.61 Å². The number of aromatic nitrogens is 2. The van der Waals surface area contributed by atoms with E-state index in [1.807, 2.05) is 35.7 Å². The Morgan fingerprint density at radius 2 is 2.12 bits per heavy atom. The lowest BCUT2D eigenvalue weighted by atomic mass is 10.3. The lowest BCUT2D eigenvalue weighted by Crippen LogP contribution is -2.29. The second-order valence-corrected chi connectivity index (χ2v) is 6.06. The molecule has 7 heteroatoms. The third kappa shape index (κ3) is 3.63. The first kappa shape index (κ1) is 16.6. The van der Waals surface area contributed by atoms with E-state index < -0.39 is 0 Å². The molecule has 2 aromatic heterocycles. The average molecular weight is 364 g/mol. The highest BCUT2D eigenvalue weighted by molar-refractivity contribution is 6.35. The van der Waals surface area contributed by atoms with Gasteiger partial charge >= 0.3 is 0 Å². The number of carbonyl (C=O) groups excluding carboxylic acids is 1. The summed E-state index contributed by atoms with van der Waals surface area (Å²) in [7, 11) is 0. The maximum atomic E-state index is 12.0. The Bertz CT molecular complexity index is 893. The van der Waals surface area contributed by atoms with Gasteiger partial charge in [0, 0.05) is 11.2 Å². The summed E-state index contributed by atoms with van der Waals surface area (Å²) in [5, 5.41) is 3.71. The molecular weight excluding hydrogens is 349 g/mol. The van der Waals surface area contributed by atoms with Crippen LogP contribution < -0.4 is 10.1 Å². The molecule has 0 atom stereocenters.